The zero-order valence-electron chi connectivity index (χ0n) is 19.9. The first-order valence-electron chi connectivity index (χ1n) is 13.0. The van der Waals surface area contributed by atoms with Gasteiger partial charge in [-0.25, -0.2) is 0 Å². The van der Waals surface area contributed by atoms with Gasteiger partial charge in [-0.05, 0) is 19.3 Å². The summed E-state index contributed by atoms with van der Waals surface area (Å²) >= 11 is 0. The molecule has 0 aromatic heterocycles. The number of allylic oxidation sites excluding steroid dienone is 1. The number of rotatable bonds is 21. The first-order chi connectivity index (χ1) is 15.2. The predicted molar refractivity (Wildman–Crippen MR) is 127 cm³/mol. The maximum Gasteiger partial charge on any atom is 0.111 e. The summed E-state index contributed by atoms with van der Waals surface area (Å²) in [5.74, 6) is 0. The summed E-state index contributed by atoms with van der Waals surface area (Å²) in [5, 5.41) is 28.9. The van der Waals surface area contributed by atoms with Crippen LogP contribution in [-0.2, 0) is 9.47 Å². The Hall–Kier alpha value is -0.460. The molecule has 1 rings (SSSR count). The van der Waals surface area contributed by atoms with Crippen molar-refractivity contribution in [2.24, 2.45) is 0 Å². The van der Waals surface area contributed by atoms with Crippen LogP contribution in [-0.4, -0.2) is 59.6 Å². The molecule has 1 heterocycles. The van der Waals surface area contributed by atoms with Crippen LogP contribution in [0.25, 0.3) is 0 Å². The molecule has 0 aliphatic carbocycles. The Balaban J connectivity index is 1.77. The van der Waals surface area contributed by atoms with Crippen LogP contribution in [0.2, 0.25) is 0 Å². The molecule has 31 heavy (non-hydrogen) atoms. The molecule has 0 radical (unpaired) electrons. The fraction of sp³-hybridized carbons (Fsp3) is 0.923. The lowest BCUT2D eigenvalue weighted by atomic mass is 10.0. The fourth-order valence-corrected chi connectivity index (χ4v) is 4.26. The molecule has 3 N–H and O–H groups in total. The highest BCUT2D eigenvalue weighted by molar-refractivity contribution is 4.87. The highest BCUT2D eigenvalue weighted by Crippen LogP contribution is 2.18. The summed E-state index contributed by atoms with van der Waals surface area (Å²) in [6, 6.07) is 0. The molecule has 184 valence electrons. The Morgan fingerprint density at radius 2 is 1.16 bits per heavy atom. The average Bonchev–Trinajstić information content (AvgIpc) is 2.78. The molecule has 1 aliphatic heterocycles. The van der Waals surface area contributed by atoms with E-state index in [9.17, 15) is 10.2 Å². The lowest BCUT2D eigenvalue weighted by Gasteiger charge is -2.36. The second kappa shape index (κ2) is 20.2. The van der Waals surface area contributed by atoms with Crippen LogP contribution in [0.4, 0.5) is 0 Å². The fourth-order valence-electron chi connectivity index (χ4n) is 4.26. The van der Waals surface area contributed by atoms with E-state index in [-0.39, 0.29) is 13.2 Å². The minimum Gasteiger partial charge on any atom is -0.394 e. The largest absolute Gasteiger partial charge is 0.394 e. The number of aliphatic hydroxyl groups excluding tert-OH is 3. The Kier molecular flexibility index (Phi) is 18.6. The van der Waals surface area contributed by atoms with E-state index < -0.39 is 24.4 Å². The molecule has 1 aliphatic rings. The standard InChI is InChI=1S/C26H50O5/c1-2-3-4-5-6-7-8-9-10-11-12-13-14-15-16-17-18-19-20-30-24-22-31-23(21-27)25(28)26(24)29/h2,23-29H,1,3-22H2/t23-,24+,25-,26-/m1/s1. The van der Waals surface area contributed by atoms with E-state index in [0.717, 1.165) is 12.8 Å². The van der Waals surface area contributed by atoms with E-state index in [2.05, 4.69) is 6.58 Å². The molecular formula is C26H50O5. The normalized spacial score (nSPS) is 23.8. The van der Waals surface area contributed by atoms with E-state index >= 15 is 0 Å². The Bertz CT molecular complexity index is 403. The summed E-state index contributed by atoms with van der Waals surface area (Å²) < 4.78 is 11.0. The molecule has 1 saturated heterocycles. The monoisotopic (exact) mass is 442 g/mol. The van der Waals surface area contributed by atoms with Gasteiger partial charge in [0, 0.05) is 6.61 Å². The minimum absolute atomic E-state index is 0.222. The topological polar surface area (TPSA) is 79.2 Å². The first kappa shape index (κ1) is 28.6. The van der Waals surface area contributed by atoms with Gasteiger partial charge >= 0.3 is 0 Å². The highest BCUT2D eigenvalue weighted by atomic mass is 16.6. The van der Waals surface area contributed by atoms with Crippen LogP contribution in [0.5, 0.6) is 0 Å². The Morgan fingerprint density at radius 1 is 0.710 bits per heavy atom. The molecule has 0 bridgehead atoms. The number of unbranched alkanes of at least 4 members (excludes halogenated alkanes) is 16. The molecule has 5 heteroatoms. The number of ether oxygens (including phenoxy) is 2. The van der Waals surface area contributed by atoms with Gasteiger partial charge in [0.15, 0.2) is 0 Å². The van der Waals surface area contributed by atoms with Crippen molar-refractivity contribution in [2.45, 2.75) is 134 Å². The first-order valence-corrected chi connectivity index (χ1v) is 13.0. The quantitative estimate of drug-likeness (QED) is 0.166. The van der Waals surface area contributed by atoms with Gasteiger partial charge in [-0.3, -0.25) is 0 Å². The number of aliphatic hydroxyl groups is 3. The van der Waals surface area contributed by atoms with Crippen LogP contribution in [0, 0.1) is 0 Å². The van der Waals surface area contributed by atoms with E-state index in [1.807, 2.05) is 6.08 Å². The zero-order valence-corrected chi connectivity index (χ0v) is 19.9. The Morgan fingerprint density at radius 3 is 1.61 bits per heavy atom. The van der Waals surface area contributed by atoms with Crippen LogP contribution in [0.15, 0.2) is 12.7 Å². The maximum absolute atomic E-state index is 10.0. The molecule has 0 aromatic carbocycles. The van der Waals surface area contributed by atoms with Gasteiger partial charge in [-0.1, -0.05) is 96.0 Å². The van der Waals surface area contributed by atoms with Gasteiger partial charge < -0.3 is 24.8 Å². The van der Waals surface area contributed by atoms with Gasteiger partial charge in [0.25, 0.3) is 0 Å². The molecule has 0 saturated carbocycles. The third kappa shape index (κ3) is 14.3. The third-order valence-electron chi connectivity index (χ3n) is 6.40. The minimum atomic E-state index is -1.08. The zero-order chi connectivity index (χ0) is 22.6. The van der Waals surface area contributed by atoms with E-state index in [0.29, 0.717) is 6.61 Å². The van der Waals surface area contributed by atoms with Crippen LogP contribution < -0.4 is 0 Å². The van der Waals surface area contributed by atoms with Gasteiger partial charge in [-0.2, -0.15) is 0 Å². The van der Waals surface area contributed by atoms with Crippen molar-refractivity contribution in [2.75, 3.05) is 19.8 Å². The van der Waals surface area contributed by atoms with Crippen molar-refractivity contribution in [3.8, 4) is 0 Å². The highest BCUT2D eigenvalue weighted by Gasteiger charge is 2.38. The summed E-state index contributed by atoms with van der Waals surface area (Å²) in [6.45, 7) is 4.28. The summed E-state index contributed by atoms with van der Waals surface area (Å²) in [4.78, 5) is 0. The van der Waals surface area contributed by atoms with Gasteiger partial charge in [-0.15, -0.1) is 6.58 Å². The SMILES string of the molecule is C=CCCCCCCCCCCCCCCCCCCO[C@H]1CO[C@H](CO)[C@@H](O)[C@@H]1O. The van der Waals surface area contributed by atoms with Gasteiger partial charge in [0.05, 0.1) is 13.2 Å². The van der Waals surface area contributed by atoms with Crippen molar-refractivity contribution in [3.63, 3.8) is 0 Å². The number of hydrogen-bond acceptors (Lipinski definition) is 5. The van der Waals surface area contributed by atoms with Crippen molar-refractivity contribution in [3.05, 3.63) is 12.7 Å². The smallest absolute Gasteiger partial charge is 0.111 e. The van der Waals surface area contributed by atoms with Crippen LogP contribution >= 0.6 is 0 Å². The maximum atomic E-state index is 10.0. The third-order valence-corrected chi connectivity index (χ3v) is 6.40. The molecule has 0 aromatic rings. The van der Waals surface area contributed by atoms with Gasteiger partial charge in [0.2, 0.25) is 0 Å². The molecule has 5 nitrogen and oxygen atoms in total. The summed E-state index contributed by atoms with van der Waals surface area (Å²) in [6.07, 6.45) is 21.1. The molecule has 0 unspecified atom stereocenters. The van der Waals surface area contributed by atoms with Crippen molar-refractivity contribution in [1.82, 2.24) is 0 Å². The van der Waals surface area contributed by atoms with Gasteiger partial charge in [0.1, 0.15) is 24.4 Å². The molecular weight excluding hydrogens is 392 g/mol. The van der Waals surface area contributed by atoms with Crippen molar-refractivity contribution in [1.29, 1.82) is 0 Å². The lowest BCUT2D eigenvalue weighted by Crippen LogP contribution is -2.55. The second-order valence-electron chi connectivity index (χ2n) is 9.18. The van der Waals surface area contributed by atoms with E-state index in [4.69, 9.17) is 14.6 Å². The second-order valence-corrected chi connectivity index (χ2v) is 9.18. The van der Waals surface area contributed by atoms with E-state index in [1.54, 1.807) is 0 Å². The molecule has 0 amide bonds. The Labute approximate surface area is 191 Å². The average molecular weight is 443 g/mol. The summed E-state index contributed by atoms with van der Waals surface area (Å²) in [7, 11) is 0. The van der Waals surface area contributed by atoms with E-state index in [1.165, 1.54) is 96.3 Å². The molecule has 4 atom stereocenters. The predicted octanol–water partition coefficient (Wildman–Crippen LogP) is 5.30. The van der Waals surface area contributed by atoms with Crippen molar-refractivity contribution < 1.29 is 24.8 Å². The lowest BCUT2D eigenvalue weighted by molar-refractivity contribution is -0.208. The molecule has 0 spiro atoms. The van der Waals surface area contributed by atoms with Crippen LogP contribution in [0.3, 0.4) is 0 Å². The summed E-state index contributed by atoms with van der Waals surface area (Å²) in [5.41, 5.74) is 0. The number of hydrogen-bond donors (Lipinski definition) is 3. The molecule has 1 fully saturated rings. The van der Waals surface area contributed by atoms with Crippen molar-refractivity contribution >= 4 is 0 Å². The van der Waals surface area contributed by atoms with Crippen LogP contribution in [0.1, 0.15) is 109 Å².